The third-order valence-corrected chi connectivity index (χ3v) is 8.10. The number of ether oxygens (including phenoxy) is 2. The Bertz CT molecular complexity index is 2290. The van der Waals surface area contributed by atoms with Crippen LogP contribution in [-0.4, -0.2) is 53.3 Å². The van der Waals surface area contributed by atoms with Gasteiger partial charge in [0, 0.05) is 42.8 Å². The Kier molecular flexibility index (Phi) is 8.54. The van der Waals surface area contributed by atoms with Gasteiger partial charge < -0.3 is 19.1 Å². The van der Waals surface area contributed by atoms with E-state index in [4.69, 9.17) is 9.47 Å². The minimum absolute atomic E-state index is 0.0420. The molecular weight excluding hydrogens is 637 g/mol. The summed E-state index contributed by atoms with van der Waals surface area (Å²) in [6, 6.07) is 15.9. The number of hydrogen-bond acceptors (Lipinski definition) is 7. The summed E-state index contributed by atoms with van der Waals surface area (Å²) in [7, 11) is 1.72. The van der Waals surface area contributed by atoms with Gasteiger partial charge in [0.05, 0.1) is 41.1 Å². The van der Waals surface area contributed by atoms with Gasteiger partial charge >= 0.3 is 5.97 Å². The van der Waals surface area contributed by atoms with E-state index in [1.807, 2.05) is 4.57 Å². The van der Waals surface area contributed by atoms with Gasteiger partial charge in [-0.15, -0.1) is 5.10 Å². The molecule has 3 aromatic heterocycles. The van der Waals surface area contributed by atoms with Crippen LogP contribution in [0.3, 0.4) is 0 Å². The number of hydrogen-bond donors (Lipinski definition) is 1. The molecule has 0 spiro atoms. The van der Waals surface area contributed by atoms with Crippen LogP contribution in [0.5, 0.6) is 5.88 Å². The Balaban J connectivity index is 1.08. The van der Waals surface area contributed by atoms with Crippen LogP contribution in [0.1, 0.15) is 45.0 Å². The van der Waals surface area contributed by atoms with Crippen molar-refractivity contribution in [2.24, 2.45) is 7.05 Å². The first-order valence-corrected chi connectivity index (χ1v) is 15.3. The molecule has 1 N–H and O–H groups in total. The summed E-state index contributed by atoms with van der Waals surface area (Å²) in [4.78, 5) is 20.6. The van der Waals surface area contributed by atoms with Crippen molar-refractivity contribution in [1.82, 2.24) is 29.5 Å². The van der Waals surface area contributed by atoms with Crippen molar-refractivity contribution < 1.29 is 32.5 Å². The molecule has 1 aliphatic rings. The zero-order chi connectivity index (χ0) is 34.1. The fourth-order valence-corrected chi connectivity index (χ4v) is 5.45. The number of aromatic carboxylic acids is 1. The summed E-state index contributed by atoms with van der Waals surface area (Å²) in [5.74, 6) is 3.23. The molecule has 0 unspecified atom stereocenters. The van der Waals surface area contributed by atoms with E-state index in [9.17, 15) is 14.3 Å². The molecular formula is C36H27F3N6O4. The van der Waals surface area contributed by atoms with Crippen molar-refractivity contribution in [1.29, 1.82) is 0 Å². The molecule has 6 aromatic rings. The van der Waals surface area contributed by atoms with Crippen LogP contribution in [0.25, 0.3) is 22.3 Å². The van der Waals surface area contributed by atoms with Gasteiger partial charge in [-0.2, -0.15) is 0 Å². The van der Waals surface area contributed by atoms with Crippen molar-refractivity contribution in [3.05, 3.63) is 124 Å². The molecule has 0 aliphatic carbocycles. The van der Waals surface area contributed by atoms with E-state index >= 15 is 8.78 Å². The molecule has 1 fully saturated rings. The first-order valence-electron chi connectivity index (χ1n) is 15.3. The molecule has 1 aliphatic heterocycles. The molecule has 1 saturated heterocycles. The van der Waals surface area contributed by atoms with Gasteiger partial charge in [0.2, 0.25) is 5.88 Å². The number of imidazole rings is 1. The average Bonchev–Trinajstić information content (AvgIpc) is 3.64. The molecule has 0 saturated carbocycles. The highest BCUT2D eigenvalue weighted by molar-refractivity contribution is 5.92. The Hall–Kier alpha value is -6.00. The normalized spacial score (nSPS) is 13.9. The van der Waals surface area contributed by atoms with Gasteiger partial charge in [-0.25, -0.2) is 27.9 Å². The van der Waals surface area contributed by atoms with Crippen molar-refractivity contribution in [3.8, 4) is 29.0 Å². The van der Waals surface area contributed by atoms with E-state index in [1.165, 1.54) is 35.0 Å². The summed E-state index contributed by atoms with van der Waals surface area (Å²) < 4.78 is 60.6. The zero-order valence-electron chi connectivity index (χ0n) is 26.0. The summed E-state index contributed by atoms with van der Waals surface area (Å²) in [5.41, 5.74) is 2.50. The smallest absolute Gasteiger partial charge is 0.335 e. The molecule has 10 nitrogen and oxygen atoms in total. The maximum Gasteiger partial charge on any atom is 0.335 e. The number of halogens is 3. The topological polar surface area (TPSA) is 117 Å². The number of aromatic nitrogens is 6. The lowest BCUT2D eigenvalue weighted by molar-refractivity contribution is -0.0589. The molecule has 1 atom stereocenters. The SMILES string of the molecule is Cn1cc(C#Cc2ccc(COc3cccc(-c4cc(F)c(Cc5nc6ccc(C(=O)O)cc6n5C[C@@H]5CCO5)cc4F)n3)c(F)c2)nn1. The van der Waals surface area contributed by atoms with E-state index in [0.717, 1.165) is 18.6 Å². The predicted molar refractivity (Wildman–Crippen MR) is 171 cm³/mol. The fraction of sp³-hybridized carbons (Fsp3) is 0.194. The van der Waals surface area contributed by atoms with Crippen molar-refractivity contribution in [3.63, 3.8) is 0 Å². The monoisotopic (exact) mass is 664 g/mol. The average molecular weight is 665 g/mol. The Labute approximate surface area is 277 Å². The number of rotatable bonds is 9. The molecule has 49 heavy (non-hydrogen) atoms. The minimum Gasteiger partial charge on any atom is -0.478 e. The number of benzene rings is 3. The van der Waals surface area contributed by atoms with Gasteiger partial charge in [0.1, 0.15) is 29.9 Å². The third-order valence-electron chi connectivity index (χ3n) is 8.10. The van der Waals surface area contributed by atoms with E-state index in [1.54, 1.807) is 37.5 Å². The maximum absolute atomic E-state index is 15.6. The van der Waals surface area contributed by atoms with Crippen LogP contribution in [0, 0.1) is 29.3 Å². The van der Waals surface area contributed by atoms with Gasteiger partial charge in [-0.05, 0) is 66.4 Å². The number of carboxylic acids is 1. The molecule has 7 rings (SSSR count). The largest absolute Gasteiger partial charge is 0.478 e. The number of carboxylic acid groups (broad SMARTS) is 1. The summed E-state index contributed by atoms with van der Waals surface area (Å²) in [6.45, 7) is 0.872. The minimum atomic E-state index is -1.08. The first kappa shape index (κ1) is 31.6. The van der Waals surface area contributed by atoms with E-state index in [2.05, 4.69) is 32.1 Å². The second-order valence-electron chi connectivity index (χ2n) is 11.5. The number of aryl methyl sites for hydroxylation is 1. The molecule has 13 heteroatoms. The number of nitrogens with zero attached hydrogens (tertiary/aromatic N) is 6. The second-order valence-corrected chi connectivity index (χ2v) is 11.5. The number of carbonyl (C=O) groups is 1. The van der Waals surface area contributed by atoms with Crippen LogP contribution in [0.15, 0.2) is 72.9 Å². The zero-order valence-corrected chi connectivity index (χ0v) is 26.0. The van der Waals surface area contributed by atoms with Crippen LogP contribution in [0.4, 0.5) is 13.2 Å². The maximum atomic E-state index is 15.6. The standard InChI is InChI=1S/C36H27F3N6O4/c1-44-18-25(42-43-44)9-6-21-5-7-23(28(37)13-21)20-49-35-4-2-3-31(41-35)27-17-29(38)24(14-30(27)39)16-34-40-32-10-8-22(36(46)47)15-33(32)45(34)19-26-11-12-48-26/h2-5,7-8,10,13-15,17-18,26H,11-12,16,19-20H2,1H3,(H,46,47)/t26-/m0/s1. The second kappa shape index (κ2) is 13.2. The molecule has 0 amide bonds. The van der Waals surface area contributed by atoms with E-state index in [-0.39, 0.29) is 53.0 Å². The van der Waals surface area contributed by atoms with E-state index in [0.29, 0.717) is 41.3 Å². The molecule has 246 valence electrons. The van der Waals surface area contributed by atoms with Crippen molar-refractivity contribution in [2.45, 2.75) is 32.1 Å². The molecule has 0 radical (unpaired) electrons. The highest BCUT2D eigenvalue weighted by atomic mass is 19.1. The number of fused-ring (bicyclic) bond motifs is 1. The first-order chi connectivity index (χ1) is 23.7. The summed E-state index contributed by atoms with van der Waals surface area (Å²) in [5, 5.41) is 17.2. The van der Waals surface area contributed by atoms with Crippen LogP contribution >= 0.6 is 0 Å². The summed E-state index contributed by atoms with van der Waals surface area (Å²) in [6.07, 6.45) is 2.35. The lowest BCUT2D eigenvalue weighted by atomic mass is 10.0. The van der Waals surface area contributed by atoms with Gasteiger partial charge in [0.15, 0.2) is 5.69 Å². The van der Waals surface area contributed by atoms with Crippen LogP contribution < -0.4 is 4.74 Å². The highest BCUT2D eigenvalue weighted by Gasteiger charge is 2.24. The van der Waals surface area contributed by atoms with Crippen LogP contribution in [0.2, 0.25) is 0 Å². The summed E-state index contributed by atoms with van der Waals surface area (Å²) >= 11 is 0. The number of pyridine rings is 1. The Morgan fingerprint density at radius 2 is 1.84 bits per heavy atom. The molecule has 4 heterocycles. The van der Waals surface area contributed by atoms with Gasteiger partial charge in [-0.1, -0.05) is 23.3 Å². The third kappa shape index (κ3) is 6.86. The van der Waals surface area contributed by atoms with Crippen molar-refractivity contribution >= 4 is 17.0 Å². The molecule has 0 bridgehead atoms. The van der Waals surface area contributed by atoms with E-state index < -0.39 is 23.4 Å². The lowest BCUT2D eigenvalue weighted by Crippen LogP contribution is -2.31. The fourth-order valence-electron chi connectivity index (χ4n) is 5.45. The Morgan fingerprint density at radius 3 is 2.57 bits per heavy atom. The Morgan fingerprint density at radius 1 is 1.00 bits per heavy atom. The van der Waals surface area contributed by atoms with Gasteiger partial charge in [0.25, 0.3) is 0 Å². The van der Waals surface area contributed by atoms with Gasteiger partial charge in [-0.3, -0.25) is 4.68 Å². The predicted octanol–water partition coefficient (Wildman–Crippen LogP) is 5.70. The lowest BCUT2D eigenvalue weighted by Gasteiger charge is -2.27. The quantitative estimate of drug-likeness (QED) is 0.196. The highest BCUT2D eigenvalue weighted by Crippen LogP contribution is 2.29. The molecule has 3 aromatic carbocycles. The van der Waals surface area contributed by atoms with Crippen LogP contribution in [-0.2, 0) is 31.4 Å². The van der Waals surface area contributed by atoms with Crippen molar-refractivity contribution in [2.75, 3.05) is 6.61 Å².